The number of sulfonamides is 1. The number of nitrogens with zero attached hydrogens (tertiary/aromatic N) is 3. The van der Waals surface area contributed by atoms with Crippen LogP contribution in [0.5, 0.6) is 0 Å². The van der Waals surface area contributed by atoms with Crippen LogP contribution in [0.1, 0.15) is 48.1 Å². The number of para-hydroxylation sites is 1. The predicted octanol–water partition coefficient (Wildman–Crippen LogP) is 3.84. The van der Waals surface area contributed by atoms with Crippen molar-refractivity contribution in [3.63, 3.8) is 0 Å². The van der Waals surface area contributed by atoms with E-state index in [1.807, 2.05) is 48.9 Å². The summed E-state index contributed by atoms with van der Waals surface area (Å²) in [5, 5.41) is 4.64. The van der Waals surface area contributed by atoms with E-state index < -0.39 is 15.6 Å². The number of nitrogens with one attached hydrogen (secondary N) is 1. The summed E-state index contributed by atoms with van der Waals surface area (Å²) in [6.45, 7) is 9.66. The van der Waals surface area contributed by atoms with Gasteiger partial charge >= 0.3 is 0 Å². The molecule has 1 heterocycles. The van der Waals surface area contributed by atoms with E-state index in [1.165, 1.54) is 12.1 Å². The Morgan fingerprint density at radius 2 is 1.62 bits per heavy atom. The number of hydrogen-bond donors (Lipinski definition) is 1. The van der Waals surface area contributed by atoms with Gasteiger partial charge in [0.15, 0.2) is 0 Å². The van der Waals surface area contributed by atoms with Gasteiger partial charge in [0.05, 0.1) is 16.3 Å². The summed E-state index contributed by atoms with van der Waals surface area (Å²) in [5.74, 6) is -0.191. The van der Waals surface area contributed by atoms with Gasteiger partial charge in [-0.25, -0.2) is 17.8 Å². The molecule has 1 aromatic heterocycles. The molecule has 170 valence electrons. The van der Waals surface area contributed by atoms with Gasteiger partial charge in [-0.3, -0.25) is 4.79 Å². The lowest BCUT2D eigenvalue weighted by Crippen LogP contribution is -2.40. The zero-order valence-electron chi connectivity index (χ0n) is 19.4. The molecule has 2 aromatic carbocycles. The Bertz CT molecular complexity index is 1210. The van der Waals surface area contributed by atoms with Gasteiger partial charge in [0.2, 0.25) is 10.0 Å². The van der Waals surface area contributed by atoms with Crippen molar-refractivity contribution in [2.75, 3.05) is 7.05 Å². The van der Waals surface area contributed by atoms with Crippen molar-refractivity contribution in [1.29, 1.82) is 0 Å². The van der Waals surface area contributed by atoms with Crippen molar-refractivity contribution in [3.05, 3.63) is 77.1 Å². The minimum atomic E-state index is -3.65. The van der Waals surface area contributed by atoms with Crippen molar-refractivity contribution in [2.24, 2.45) is 0 Å². The van der Waals surface area contributed by atoms with E-state index in [-0.39, 0.29) is 10.8 Å². The Morgan fingerprint density at radius 3 is 2.19 bits per heavy atom. The SMILES string of the molecule is Cc1nn(-c2ccccc2)c(C)c1CN(C)C(=O)c1ccc(S(=O)(=O)NC(C)(C)C)cc1. The molecular weight excluding hydrogens is 424 g/mol. The molecule has 7 nitrogen and oxygen atoms in total. The number of benzene rings is 2. The first kappa shape index (κ1) is 23.7. The molecule has 0 unspecified atom stereocenters. The van der Waals surface area contributed by atoms with Gasteiger partial charge in [-0.15, -0.1) is 0 Å². The lowest BCUT2D eigenvalue weighted by atomic mass is 10.1. The molecule has 0 saturated carbocycles. The average Bonchev–Trinajstić information content (AvgIpc) is 3.00. The molecule has 0 atom stereocenters. The Kier molecular flexibility index (Phi) is 6.57. The van der Waals surface area contributed by atoms with Gasteiger partial charge in [-0.05, 0) is 71.0 Å². The standard InChI is InChI=1S/C24H30N4O3S/c1-17-22(18(2)28(25-17)20-10-8-7-9-11-20)16-27(6)23(29)19-12-14-21(15-13-19)32(30,31)26-24(3,4)5/h7-15,26H,16H2,1-6H3. The van der Waals surface area contributed by atoms with Crippen molar-refractivity contribution in [2.45, 2.75) is 51.6 Å². The first-order valence-corrected chi connectivity index (χ1v) is 11.9. The van der Waals surface area contributed by atoms with Crippen LogP contribution in [-0.2, 0) is 16.6 Å². The molecule has 0 bridgehead atoms. The maximum absolute atomic E-state index is 13.0. The Morgan fingerprint density at radius 1 is 1.03 bits per heavy atom. The summed E-state index contributed by atoms with van der Waals surface area (Å²) in [6, 6.07) is 15.9. The number of hydrogen-bond acceptors (Lipinski definition) is 4. The minimum Gasteiger partial charge on any atom is -0.337 e. The summed E-state index contributed by atoms with van der Waals surface area (Å²) in [6.07, 6.45) is 0. The van der Waals surface area contributed by atoms with Crippen LogP contribution in [0, 0.1) is 13.8 Å². The Labute approximate surface area is 190 Å². The van der Waals surface area contributed by atoms with Crippen molar-refractivity contribution < 1.29 is 13.2 Å². The quantitative estimate of drug-likeness (QED) is 0.613. The minimum absolute atomic E-state index is 0.127. The van der Waals surface area contributed by atoms with Crippen LogP contribution in [-0.4, -0.2) is 41.6 Å². The maximum atomic E-state index is 13.0. The van der Waals surface area contributed by atoms with Gasteiger partial charge in [-0.1, -0.05) is 18.2 Å². The first-order chi connectivity index (χ1) is 14.9. The molecule has 0 aliphatic rings. The second-order valence-electron chi connectivity index (χ2n) is 8.94. The van der Waals surface area contributed by atoms with E-state index in [4.69, 9.17) is 0 Å². The normalized spacial score (nSPS) is 12.1. The largest absolute Gasteiger partial charge is 0.337 e. The van der Waals surface area contributed by atoms with Crippen molar-refractivity contribution >= 4 is 15.9 Å². The van der Waals surface area contributed by atoms with Gasteiger partial charge in [0, 0.05) is 36.0 Å². The molecule has 0 radical (unpaired) electrons. The summed E-state index contributed by atoms with van der Waals surface area (Å²) in [5.41, 5.74) is 3.62. The molecule has 0 spiro atoms. The number of rotatable bonds is 6. The molecule has 32 heavy (non-hydrogen) atoms. The van der Waals surface area contributed by atoms with Crippen LogP contribution in [0.25, 0.3) is 5.69 Å². The maximum Gasteiger partial charge on any atom is 0.253 e. The third kappa shape index (κ3) is 5.26. The van der Waals surface area contributed by atoms with Crippen LogP contribution in [0.2, 0.25) is 0 Å². The molecule has 0 aliphatic heterocycles. The first-order valence-electron chi connectivity index (χ1n) is 10.4. The lowest BCUT2D eigenvalue weighted by molar-refractivity contribution is 0.0784. The number of aryl methyl sites for hydroxylation is 1. The van der Waals surface area contributed by atoms with E-state index in [2.05, 4.69) is 9.82 Å². The van der Waals surface area contributed by atoms with E-state index in [0.29, 0.717) is 12.1 Å². The molecule has 0 fully saturated rings. The summed E-state index contributed by atoms with van der Waals surface area (Å²) in [7, 11) is -1.92. The number of carbonyl (C=O) groups excluding carboxylic acids is 1. The highest BCUT2D eigenvalue weighted by Gasteiger charge is 2.23. The number of carbonyl (C=O) groups is 1. The summed E-state index contributed by atoms with van der Waals surface area (Å²) >= 11 is 0. The smallest absolute Gasteiger partial charge is 0.253 e. The number of aromatic nitrogens is 2. The van der Waals surface area contributed by atoms with Crippen LogP contribution < -0.4 is 4.72 Å². The molecule has 0 saturated heterocycles. The highest BCUT2D eigenvalue weighted by molar-refractivity contribution is 7.89. The third-order valence-electron chi connectivity index (χ3n) is 5.04. The highest BCUT2D eigenvalue weighted by atomic mass is 32.2. The lowest BCUT2D eigenvalue weighted by Gasteiger charge is -2.21. The van der Waals surface area contributed by atoms with Crippen LogP contribution >= 0.6 is 0 Å². The van der Waals surface area contributed by atoms with E-state index in [1.54, 1.807) is 44.9 Å². The molecule has 1 N–H and O–H groups in total. The molecule has 8 heteroatoms. The van der Waals surface area contributed by atoms with Crippen LogP contribution in [0.3, 0.4) is 0 Å². The second-order valence-corrected chi connectivity index (χ2v) is 10.6. The number of amides is 1. The molecule has 1 amide bonds. The van der Waals surface area contributed by atoms with Gasteiger partial charge < -0.3 is 4.90 Å². The average molecular weight is 455 g/mol. The van der Waals surface area contributed by atoms with Gasteiger partial charge in [0.1, 0.15) is 0 Å². The molecule has 3 rings (SSSR count). The monoisotopic (exact) mass is 454 g/mol. The Balaban J connectivity index is 1.78. The highest BCUT2D eigenvalue weighted by Crippen LogP contribution is 2.21. The fraction of sp³-hybridized carbons (Fsp3) is 0.333. The third-order valence-corrected chi connectivity index (χ3v) is 6.81. The van der Waals surface area contributed by atoms with E-state index in [0.717, 1.165) is 22.6 Å². The zero-order valence-corrected chi connectivity index (χ0v) is 20.2. The van der Waals surface area contributed by atoms with E-state index in [9.17, 15) is 13.2 Å². The van der Waals surface area contributed by atoms with Gasteiger partial charge in [-0.2, -0.15) is 5.10 Å². The molecular formula is C24H30N4O3S. The summed E-state index contributed by atoms with van der Waals surface area (Å²) in [4.78, 5) is 14.7. The fourth-order valence-corrected chi connectivity index (χ4v) is 4.91. The van der Waals surface area contributed by atoms with Crippen molar-refractivity contribution in [1.82, 2.24) is 19.4 Å². The molecule has 0 aliphatic carbocycles. The molecule has 3 aromatic rings. The zero-order chi connectivity index (χ0) is 23.7. The fourth-order valence-electron chi connectivity index (χ4n) is 3.49. The van der Waals surface area contributed by atoms with Gasteiger partial charge in [0.25, 0.3) is 5.91 Å². The van der Waals surface area contributed by atoms with E-state index >= 15 is 0 Å². The Hall–Kier alpha value is -2.97. The topological polar surface area (TPSA) is 84.3 Å². The van der Waals surface area contributed by atoms with Crippen molar-refractivity contribution in [3.8, 4) is 5.69 Å². The summed E-state index contributed by atoms with van der Waals surface area (Å²) < 4.78 is 29.5. The second kappa shape index (κ2) is 8.88. The van der Waals surface area contributed by atoms with Crippen LogP contribution in [0.15, 0.2) is 59.5 Å². The van der Waals surface area contributed by atoms with Crippen LogP contribution in [0.4, 0.5) is 0 Å². The predicted molar refractivity (Wildman–Crippen MR) is 125 cm³/mol.